The molecule has 4 rings (SSSR count). The fraction of sp³-hybridized carbons (Fsp3) is 0.708. The van der Waals surface area contributed by atoms with Crippen LogP contribution in [-0.4, -0.2) is 76.1 Å². The summed E-state index contributed by atoms with van der Waals surface area (Å²) in [6.07, 6.45) is 7.21. The van der Waals surface area contributed by atoms with Crippen LogP contribution in [0.3, 0.4) is 0 Å². The van der Waals surface area contributed by atoms with Gasteiger partial charge in [0.05, 0.1) is 18.1 Å². The third-order valence-electron chi connectivity index (χ3n) is 6.70. The smallest absolute Gasteiger partial charge is 0.278 e. The zero-order valence-electron chi connectivity index (χ0n) is 20.8. The van der Waals surface area contributed by atoms with Gasteiger partial charge in [0.25, 0.3) is 17.0 Å². The maximum absolute atomic E-state index is 15.5. The molecule has 0 unspecified atom stereocenters. The van der Waals surface area contributed by atoms with Crippen molar-refractivity contribution < 1.29 is 27.4 Å². The average molecular weight is 530 g/mol. The molecular formula is C24H34F3N5O3S. The first kappa shape index (κ1) is 26.7. The number of hydrogen-bond acceptors (Lipinski definition) is 7. The van der Waals surface area contributed by atoms with E-state index < -0.39 is 18.2 Å². The maximum atomic E-state index is 15.5. The van der Waals surface area contributed by atoms with Gasteiger partial charge in [-0.2, -0.15) is 5.10 Å². The molecule has 2 aromatic rings. The SMILES string of the molecule is Cn1cc(OCC(=O)N[C@H]2CC[C@](F)(CCN3CCc4nc(OCC(C)(F)F)sc4CC3)CC2)cn1. The quantitative estimate of drug-likeness (QED) is 0.507. The van der Waals surface area contributed by atoms with Crippen molar-refractivity contribution >= 4 is 17.2 Å². The number of carbonyl (C=O) groups excluding carboxylic acids is 1. The van der Waals surface area contributed by atoms with Crippen molar-refractivity contribution in [1.82, 2.24) is 25.0 Å². The number of alkyl halides is 3. The summed E-state index contributed by atoms with van der Waals surface area (Å²) in [5.74, 6) is -2.56. The highest BCUT2D eigenvalue weighted by Crippen LogP contribution is 2.35. The summed E-state index contributed by atoms with van der Waals surface area (Å²) in [7, 11) is 1.77. The average Bonchev–Trinajstić information content (AvgIpc) is 3.37. The van der Waals surface area contributed by atoms with Gasteiger partial charge in [0.2, 0.25) is 0 Å². The van der Waals surface area contributed by atoms with E-state index in [0.29, 0.717) is 56.0 Å². The van der Waals surface area contributed by atoms with E-state index in [9.17, 15) is 13.6 Å². The highest BCUT2D eigenvalue weighted by atomic mass is 32.1. The van der Waals surface area contributed by atoms with E-state index in [1.54, 1.807) is 24.1 Å². The number of thiazole rings is 1. The zero-order valence-corrected chi connectivity index (χ0v) is 21.6. The Balaban J connectivity index is 1.15. The first-order valence-electron chi connectivity index (χ1n) is 12.4. The molecule has 200 valence electrons. The molecule has 1 aliphatic carbocycles. The van der Waals surface area contributed by atoms with Gasteiger partial charge >= 0.3 is 0 Å². The number of nitrogens with one attached hydrogen (secondary N) is 1. The molecular weight excluding hydrogens is 495 g/mol. The predicted molar refractivity (Wildman–Crippen MR) is 130 cm³/mol. The number of halogens is 3. The summed E-state index contributed by atoms with van der Waals surface area (Å²) in [6, 6.07) is -0.0387. The molecule has 12 heteroatoms. The second-order valence-corrected chi connectivity index (χ2v) is 11.0. The lowest BCUT2D eigenvalue weighted by Crippen LogP contribution is -2.44. The first-order valence-corrected chi connectivity index (χ1v) is 13.2. The van der Waals surface area contributed by atoms with Crippen LogP contribution in [-0.2, 0) is 24.7 Å². The number of nitrogens with zero attached hydrogens (tertiary/aromatic N) is 4. The number of amides is 1. The molecule has 2 aromatic heterocycles. The molecule has 2 aliphatic rings. The van der Waals surface area contributed by atoms with Crippen molar-refractivity contribution in [3.8, 4) is 10.9 Å². The molecule has 0 bridgehead atoms. The van der Waals surface area contributed by atoms with Gasteiger partial charge in [0, 0.05) is 50.9 Å². The summed E-state index contributed by atoms with van der Waals surface area (Å²) in [6.45, 7) is 2.26. The number of carbonyl (C=O) groups is 1. The van der Waals surface area contributed by atoms with Crippen molar-refractivity contribution in [3.63, 3.8) is 0 Å². The highest BCUT2D eigenvalue weighted by Gasteiger charge is 2.36. The molecule has 1 saturated carbocycles. The molecule has 0 saturated heterocycles. The van der Waals surface area contributed by atoms with Crippen LogP contribution in [0.5, 0.6) is 10.9 Å². The fourth-order valence-corrected chi connectivity index (χ4v) is 5.58. The topological polar surface area (TPSA) is 81.5 Å². The van der Waals surface area contributed by atoms with Gasteiger partial charge in [-0.05, 0) is 38.5 Å². The third-order valence-corrected chi connectivity index (χ3v) is 7.77. The van der Waals surface area contributed by atoms with Crippen LogP contribution in [0.1, 0.15) is 49.6 Å². The molecule has 0 radical (unpaired) electrons. The van der Waals surface area contributed by atoms with Crippen LogP contribution < -0.4 is 14.8 Å². The summed E-state index contributed by atoms with van der Waals surface area (Å²) in [5, 5.41) is 7.24. The molecule has 1 amide bonds. The minimum atomic E-state index is -2.89. The van der Waals surface area contributed by atoms with Crippen LogP contribution in [0.4, 0.5) is 13.2 Å². The molecule has 0 atom stereocenters. The van der Waals surface area contributed by atoms with E-state index in [4.69, 9.17) is 9.47 Å². The summed E-state index contributed by atoms with van der Waals surface area (Å²) >= 11 is 1.33. The van der Waals surface area contributed by atoms with E-state index in [-0.39, 0.29) is 18.6 Å². The van der Waals surface area contributed by atoms with E-state index in [1.807, 2.05) is 0 Å². The number of aryl methyl sites for hydroxylation is 1. The number of aromatic nitrogens is 3. The number of rotatable bonds is 10. The Labute approximate surface area is 213 Å². The van der Waals surface area contributed by atoms with Crippen LogP contribution in [0, 0.1) is 0 Å². The highest BCUT2D eigenvalue weighted by molar-refractivity contribution is 7.13. The molecule has 0 aromatic carbocycles. The van der Waals surface area contributed by atoms with Crippen molar-refractivity contribution in [3.05, 3.63) is 23.0 Å². The molecule has 1 N–H and O–H groups in total. The first-order chi connectivity index (χ1) is 17.1. The van der Waals surface area contributed by atoms with Crippen LogP contribution in [0.2, 0.25) is 0 Å². The van der Waals surface area contributed by atoms with Crippen LogP contribution in [0.25, 0.3) is 0 Å². The molecule has 1 aliphatic heterocycles. The van der Waals surface area contributed by atoms with E-state index >= 15 is 4.39 Å². The molecule has 3 heterocycles. The normalized spacial score (nSPS) is 23.1. The van der Waals surface area contributed by atoms with Gasteiger partial charge in [-0.1, -0.05) is 11.3 Å². The number of ether oxygens (including phenoxy) is 2. The Morgan fingerprint density at radius 3 is 2.72 bits per heavy atom. The van der Waals surface area contributed by atoms with E-state index in [1.165, 1.54) is 11.3 Å². The Hall–Kier alpha value is -2.34. The number of fused-ring (bicyclic) bond motifs is 1. The lowest BCUT2D eigenvalue weighted by Gasteiger charge is -2.35. The van der Waals surface area contributed by atoms with Gasteiger partial charge in [-0.3, -0.25) is 9.48 Å². The minimum absolute atomic E-state index is 0.0387. The molecule has 1 fully saturated rings. The van der Waals surface area contributed by atoms with Gasteiger partial charge in [-0.15, -0.1) is 0 Å². The summed E-state index contributed by atoms with van der Waals surface area (Å²) in [4.78, 5) is 19.9. The van der Waals surface area contributed by atoms with Gasteiger partial charge < -0.3 is 19.7 Å². The lowest BCUT2D eigenvalue weighted by molar-refractivity contribution is -0.124. The largest absolute Gasteiger partial charge is 0.480 e. The third kappa shape index (κ3) is 7.83. The second kappa shape index (κ2) is 11.4. The lowest BCUT2D eigenvalue weighted by atomic mass is 9.81. The van der Waals surface area contributed by atoms with Gasteiger partial charge in [0.1, 0.15) is 5.67 Å². The van der Waals surface area contributed by atoms with Crippen LogP contribution >= 0.6 is 11.3 Å². The Morgan fingerprint density at radius 2 is 2.03 bits per heavy atom. The van der Waals surface area contributed by atoms with Crippen molar-refractivity contribution in [2.75, 3.05) is 32.8 Å². The standard InChI is InChI=1S/C24H34F3N5O3S/c1-23(25,26)16-35-22-30-19-5-10-32(11-6-20(19)36-22)12-9-24(27)7-3-17(4-8-24)29-21(33)15-34-18-13-28-31(2)14-18/h13-14,17H,3-12,15-16H2,1-2H3,(H,29,33)/t17-,24+. The monoisotopic (exact) mass is 529 g/mol. The zero-order chi connectivity index (χ0) is 25.8. The molecule has 36 heavy (non-hydrogen) atoms. The Bertz CT molecular complexity index is 992. The summed E-state index contributed by atoms with van der Waals surface area (Å²) < 4.78 is 53.7. The maximum Gasteiger partial charge on any atom is 0.278 e. The minimum Gasteiger partial charge on any atom is -0.480 e. The second-order valence-electron chi connectivity index (χ2n) is 9.93. The van der Waals surface area contributed by atoms with Gasteiger partial charge in [-0.25, -0.2) is 18.2 Å². The summed E-state index contributed by atoms with van der Waals surface area (Å²) in [5.41, 5.74) is -0.328. The Kier molecular flexibility index (Phi) is 8.44. The van der Waals surface area contributed by atoms with Crippen LogP contribution in [0.15, 0.2) is 12.4 Å². The predicted octanol–water partition coefficient (Wildman–Crippen LogP) is 3.55. The van der Waals surface area contributed by atoms with Crippen molar-refractivity contribution in [2.24, 2.45) is 7.05 Å². The van der Waals surface area contributed by atoms with E-state index in [0.717, 1.165) is 37.0 Å². The number of hydrogen-bond donors (Lipinski definition) is 1. The van der Waals surface area contributed by atoms with Crippen molar-refractivity contribution in [1.29, 1.82) is 0 Å². The van der Waals surface area contributed by atoms with E-state index in [2.05, 4.69) is 20.3 Å². The Morgan fingerprint density at radius 1 is 1.28 bits per heavy atom. The van der Waals surface area contributed by atoms with Gasteiger partial charge in [0.15, 0.2) is 19.0 Å². The molecule has 0 spiro atoms. The molecule has 8 nitrogen and oxygen atoms in total. The van der Waals surface area contributed by atoms with Crippen molar-refractivity contribution in [2.45, 2.75) is 69.5 Å². The fourth-order valence-electron chi connectivity index (χ4n) is 4.64.